The summed E-state index contributed by atoms with van der Waals surface area (Å²) < 4.78 is 48.4. The van der Waals surface area contributed by atoms with Crippen molar-refractivity contribution < 1.29 is 37.1 Å². The zero-order chi connectivity index (χ0) is 43.5. The Balaban J connectivity index is 1.28. The predicted octanol–water partition coefficient (Wildman–Crippen LogP) is 6.02. The zero-order valence-corrected chi connectivity index (χ0v) is 34.5. The Labute approximate surface area is 347 Å². The highest BCUT2D eigenvalue weighted by Gasteiger charge is 2.37. The van der Waals surface area contributed by atoms with Gasteiger partial charge in [0.2, 0.25) is 17.6 Å². The van der Waals surface area contributed by atoms with Crippen LogP contribution in [0, 0.1) is 11.8 Å². The molecule has 4 amide bonds. The number of alkyl halides is 3. The molecule has 18 heteroatoms. The van der Waals surface area contributed by atoms with Gasteiger partial charge in [0.25, 0.3) is 5.91 Å². The quantitative estimate of drug-likeness (QED) is 0.0891. The van der Waals surface area contributed by atoms with Crippen LogP contribution in [0.5, 0.6) is 0 Å². The fraction of sp³-hybridized carbons (Fsp3) is 0.476. The van der Waals surface area contributed by atoms with E-state index < -0.39 is 41.4 Å². The van der Waals surface area contributed by atoms with Gasteiger partial charge in [-0.3, -0.25) is 14.4 Å². The van der Waals surface area contributed by atoms with Gasteiger partial charge in [-0.25, -0.2) is 9.78 Å². The maximum absolute atomic E-state index is 14.3. The number of carbonyl (C=O) groups is 4. The third-order valence-corrected chi connectivity index (χ3v) is 10.2. The molecule has 1 atom stereocenters. The maximum atomic E-state index is 14.3. The number of H-pyrrole nitrogens is 1. The summed E-state index contributed by atoms with van der Waals surface area (Å²) in [5, 5.41) is 25.1. The van der Waals surface area contributed by atoms with Gasteiger partial charge in [0.05, 0.1) is 0 Å². The third-order valence-electron chi connectivity index (χ3n) is 10.2. The van der Waals surface area contributed by atoms with Crippen molar-refractivity contribution >= 4 is 29.5 Å². The van der Waals surface area contributed by atoms with Gasteiger partial charge in [0, 0.05) is 48.8 Å². The van der Waals surface area contributed by atoms with Crippen LogP contribution in [0.2, 0.25) is 0 Å². The first-order valence-corrected chi connectivity index (χ1v) is 20.1. The van der Waals surface area contributed by atoms with E-state index in [0.29, 0.717) is 61.4 Å². The van der Waals surface area contributed by atoms with E-state index in [2.05, 4.69) is 51.8 Å². The van der Waals surface area contributed by atoms with Crippen molar-refractivity contribution in [3.05, 3.63) is 77.6 Å². The summed E-state index contributed by atoms with van der Waals surface area (Å²) in [4.78, 5) is 58.2. The van der Waals surface area contributed by atoms with Gasteiger partial charge in [0.15, 0.2) is 5.69 Å². The summed E-state index contributed by atoms with van der Waals surface area (Å²) in [7, 11) is 0. The van der Waals surface area contributed by atoms with E-state index in [-0.39, 0.29) is 47.5 Å². The largest absolute Gasteiger partial charge is 0.444 e. The molecular weight excluding hydrogens is 782 g/mol. The van der Waals surface area contributed by atoms with Crippen molar-refractivity contribution in [2.24, 2.45) is 11.8 Å². The SMILES string of the molecule is CCN(CC)CCNC(=O)c1ccc(-c2ccc(CC(NC(=O)C3CCC(CNC(=O)OC(C)(C)C)CC3)C(=O)Nc3ccc(-c4nn[nH]n4)cc3)cc2)c(C(F)(F)F)n1. The summed E-state index contributed by atoms with van der Waals surface area (Å²) in [6, 6.07) is 14.4. The molecule has 0 saturated heterocycles. The minimum atomic E-state index is -4.85. The van der Waals surface area contributed by atoms with Crippen molar-refractivity contribution in [3.63, 3.8) is 0 Å². The molecule has 2 aromatic carbocycles. The number of amides is 4. The van der Waals surface area contributed by atoms with E-state index in [9.17, 15) is 32.3 Å². The van der Waals surface area contributed by atoms with Gasteiger partial charge < -0.3 is 30.9 Å². The highest BCUT2D eigenvalue weighted by molar-refractivity contribution is 5.98. The number of pyridine rings is 1. The maximum Gasteiger partial charge on any atom is 0.433 e. The molecule has 1 unspecified atom stereocenters. The smallest absolute Gasteiger partial charge is 0.433 e. The Kier molecular flexibility index (Phi) is 15.3. The van der Waals surface area contributed by atoms with Crippen molar-refractivity contribution in [2.75, 3.05) is 38.0 Å². The second-order valence-corrected chi connectivity index (χ2v) is 15.7. The normalized spacial score (nSPS) is 16.1. The fourth-order valence-electron chi connectivity index (χ4n) is 6.93. The second-order valence-electron chi connectivity index (χ2n) is 15.7. The molecule has 0 bridgehead atoms. The molecule has 2 heterocycles. The first-order valence-electron chi connectivity index (χ1n) is 20.1. The first kappa shape index (κ1) is 45.2. The number of anilines is 1. The number of tetrazole rings is 1. The lowest BCUT2D eigenvalue weighted by atomic mass is 9.81. The summed E-state index contributed by atoms with van der Waals surface area (Å²) in [6.07, 6.45) is -2.82. The number of aromatic amines is 1. The third kappa shape index (κ3) is 13.0. The van der Waals surface area contributed by atoms with E-state index in [1.807, 2.05) is 13.8 Å². The lowest BCUT2D eigenvalue weighted by Gasteiger charge is -2.29. The van der Waals surface area contributed by atoms with Crippen molar-refractivity contribution in [3.8, 4) is 22.5 Å². The Morgan fingerprint density at radius 2 is 1.55 bits per heavy atom. The molecule has 0 aliphatic heterocycles. The van der Waals surface area contributed by atoms with Crippen molar-refractivity contribution in [2.45, 2.75) is 84.5 Å². The number of nitrogens with one attached hydrogen (secondary N) is 5. The van der Waals surface area contributed by atoms with Crippen molar-refractivity contribution in [1.29, 1.82) is 0 Å². The number of likely N-dealkylation sites (N-methyl/N-ethyl adjacent to an activating group) is 1. The number of carbonyl (C=O) groups excluding carboxylic acids is 4. The van der Waals surface area contributed by atoms with E-state index in [1.54, 1.807) is 57.2 Å². The van der Waals surface area contributed by atoms with Gasteiger partial charge in [-0.05, 0) is 118 Å². The summed E-state index contributed by atoms with van der Waals surface area (Å²) in [5.74, 6) is -1.32. The molecule has 1 fully saturated rings. The molecule has 4 aromatic rings. The van der Waals surface area contributed by atoms with Crippen LogP contribution in [0.15, 0.2) is 60.7 Å². The summed E-state index contributed by atoms with van der Waals surface area (Å²) >= 11 is 0. The van der Waals surface area contributed by atoms with Gasteiger partial charge in [-0.15, -0.1) is 10.2 Å². The van der Waals surface area contributed by atoms with E-state index in [1.165, 1.54) is 24.3 Å². The first-order chi connectivity index (χ1) is 28.5. The fourth-order valence-corrected chi connectivity index (χ4v) is 6.93. The molecule has 0 spiro atoms. The van der Waals surface area contributed by atoms with Crippen LogP contribution in [0.3, 0.4) is 0 Å². The van der Waals surface area contributed by atoms with Gasteiger partial charge in [0.1, 0.15) is 17.3 Å². The minimum Gasteiger partial charge on any atom is -0.444 e. The van der Waals surface area contributed by atoms with Crippen LogP contribution in [0.4, 0.5) is 23.7 Å². The lowest BCUT2D eigenvalue weighted by molar-refractivity contribution is -0.140. The monoisotopic (exact) mass is 834 g/mol. The summed E-state index contributed by atoms with van der Waals surface area (Å²) in [6.45, 7) is 12.1. The molecule has 1 aliphatic carbocycles. The Bertz CT molecular complexity index is 2040. The number of ether oxygens (including phenoxy) is 1. The topological polar surface area (TPSA) is 196 Å². The standard InChI is InChI=1S/C42H53F3N10O5/c1-6-55(7-2)23-22-46-38(57)33-21-20-32(35(49-33)42(43,44)45)28-12-8-26(9-13-28)24-34(39(58)48-31-18-16-29(17-19-31)36-51-53-54-52-36)50-37(56)30-14-10-27(11-15-30)25-47-40(59)60-41(3,4)5/h8-9,12-13,16-21,27,30,34H,6-7,10-11,14-15,22-25H2,1-5H3,(H,46,57)(H,47,59)(H,48,58)(H,50,56)(H,51,52,53,54). The molecule has 2 aromatic heterocycles. The molecule has 1 saturated carbocycles. The number of hydrogen-bond acceptors (Lipinski definition) is 10. The highest BCUT2D eigenvalue weighted by atomic mass is 19.4. The summed E-state index contributed by atoms with van der Waals surface area (Å²) in [5.41, 5.74) is -0.470. The van der Waals surface area contributed by atoms with E-state index >= 15 is 0 Å². The Morgan fingerprint density at radius 1 is 0.883 bits per heavy atom. The second kappa shape index (κ2) is 20.4. The van der Waals surface area contributed by atoms with E-state index in [0.717, 1.165) is 13.1 Å². The van der Waals surface area contributed by atoms with Crippen molar-refractivity contribution in [1.82, 2.24) is 46.5 Å². The van der Waals surface area contributed by atoms with Crippen LogP contribution in [-0.4, -0.2) is 98.7 Å². The highest BCUT2D eigenvalue weighted by Crippen LogP contribution is 2.36. The minimum absolute atomic E-state index is 0.0327. The number of hydrogen-bond donors (Lipinski definition) is 5. The van der Waals surface area contributed by atoms with Crippen LogP contribution in [0.1, 0.15) is 82.0 Å². The number of nitrogens with zero attached hydrogens (tertiary/aromatic N) is 5. The molecule has 5 N–H and O–H groups in total. The van der Waals surface area contributed by atoms with Crippen LogP contribution in [-0.2, 0) is 26.9 Å². The lowest BCUT2D eigenvalue weighted by Crippen LogP contribution is -2.48. The van der Waals surface area contributed by atoms with Crippen LogP contribution >= 0.6 is 0 Å². The number of alkyl carbamates (subject to hydrolysis) is 1. The van der Waals surface area contributed by atoms with Crippen LogP contribution < -0.4 is 21.3 Å². The van der Waals surface area contributed by atoms with Gasteiger partial charge in [-0.1, -0.05) is 38.1 Å². The molecule has 15 nitrogen and oxygen atoms in total. The van der Waals surface area contributed by atoms with Gasteiger partial charge >= 0.3 is 12.3 Å². The average Bonchev–Trinajstić information content (AvgIpc) is 3.76. The average molecular weight is 835 g/mol. The number of benzene rings is 2. The molecule has 322 valence electrons. The Hall–Kier alpha value is -5.91. The zero-order valence-electron chi connectivity index (χ0n) is 34.5. The predicted molar refractivity (Wildman–Crippen MR) is 218 cm³/mol. The number of halogens is 3. The molecule has 1 aliphatic rings. The van der Waals surface area contributed by atoms with E-state index in [4.69, 9.17) is 4.74 Å². The Morgan fingerprint density at radius 3 is 2.15 bits per heavy atom. The molecular formula is C42H53F3N10O5. The molecule has 60 heavy (non-hydrogen) atoms. The number of aromatic nitrogens is 5. The molecule has 0 radical (unpaired) electrons. The van der Waals surface area contributed by atoms with Crippen LogP contribution in [0.25, 0.3) is 22.5 Å². The molecule has 5 rings (SSSR count). The number of rotatable bonds is 16. The van der Waals surface area contributed by atoms with Gasteiger partial charge in [-0.2, -0.15) is 18.4 Å².